The molecular weight excluding hydrogens is 196 g/mol. The van der Waals surface area contributed by atoms with Gasteiger partial charge < -0.3 is 11.1 Å². The summed E-state index contributed by atoms with van der Waals surface area (Å²) in [5.41, 5.74) is 5.79. The van der Waals surface area contributed by atoms with Crippen LogP contribution in [-0.2, 0) is 0 Å². The predicted molar refractivity (Wildman–Crippen MR) is 58.5 cm³/mol. The first-order valence-corrected chi connectivity index (χ1v) is 5.85. The lowest BCUT2D eigenvalue weighted by atomic mass is 10.3. The Morgan fingerprint density at radius 1 is 1.57 bits per heavy atom. The van der Waals surface area contributed by atoms with E-state index in [1.165, 1.54) is 0 Å². The molecule has 14 heavy (non-hydrogen) atoms. The number of aromatic nitrogens is 2. The van der Waals surface area contributed by atoms with Crippen LogP contribution in [0.4, 0.5) is 5.82 Å². The van der Waals surface area contributed by atoms with E-state index in [4.69, 9.17) is 5.73 Å². The summed E-state index contributed by atoms with van der Waals surface area (Å²) in [6.07, 6.45) is 5.87. The number of rotatable bonds is 4. The van der Waals surface area contributed by atoms with Crippen molar-refractivity contribution in [2.75, 3.05) is 18.1 Å². The molecule has 1 saturated carbocycles. The molecule has 0 saturated heterocycles. The van der Waals surface area contributed by atoms with Crippen molar-refractivity contribution < 1.29 is 0 Å². The van der Waals surface area contributed by atoms with Gasteiger partial charge in [0, 0.05) is 12.6 Å². The van der Waals surface area contributed by atoms with Crippen LogP contribution in [0.1, 0.15) is 12.8 Å². The summed E-state index contributed by atoms with van der Waals surface area (Å²) in [7, 11) is 0. The third kappa shape index (κ3) is 1.99. The minimum absolute atomic E-state index is 0.115. The third-order valence-electron chi connectivity index (χ3n) is 2.49. The lowest BCUT2D eigenvalue weighted by molar-refractivity contribution is 0.735. The van der Waals surface area contributed by atoms with Crippen LogP contribution >= 0.6 is 11.8 Å². The number of nitrogens with two attached hydrogens (primary N) is 1. The van der Waals surface area contributed by atoms with Crippen molar-refractivity contribution in [3.05, 3.63) is 12.4 Å². The summed E-state index contributed by atoms with van der Waals surface area (Å²) >= 11 is 1.61. The molecular formula is C9H14N4S. The molecule has 5 heteroatoms. The molecule has 0 amide bonds. The first-order valence-electron chi connectivity index (χ1n) is 4.62. The van der Waals surface area contributed by atoms with Gasteiger partial charge in [0.1, 0.15) is 17.2 Å². The van der Waals surface area contributed by atoms with Gasteiger partial charge in [0.15, 0.2) is 0 Å². The van der Waals surface area contributed by atoms with Crippen LogP contribution in [0.2, 0.25) is 0 Å². The number of anilines is 1. The first-order chi connectivity index (χ1) is 6.78. The summed E-state index contributed by atoms with van der Waals surface area (Å²) in [4.78, 5) is 8.28. The number of hydrogen-bond donors (Lipinski definition) is 2. The highest BCUT2D eigenvalue weighted by molar-refractivity contribution is 7.98. The van der Waals surface area contributed by atoms with E-state index in [0.717, 1.165) is 23.7 Å². The SMILES string of the molecule is CSc1cc(NC2(CN)CC2)ncn1. The maximum absolute atomic E-state index is 5.68. The van der Waals surface area contributed by atoms with Crippen molar-refractivity contribution in [2.45, 2.75) is 23.4 Å². The molecule has 0 atom stereocenters. The Morgan fingerprint density at radius 3 is 2.93 bits per heavy atom. The Morgan fingerprint density at radius 2 is 2.36 bits per heavy atom. The Balaban J connectivity index is 2.09. The van der Waals surface area contributed by atoms with E-state index < -0.39 is 0 Å². The predicted octanol–water partition coefficient (Wildman–Crippen LogP) is 1.10. The van der Waals surface area contributed by atoms with Crippen molar-refractivity contribution in [1.82, 2.24) is 9.97 Å². The van der Waals surface area contributed by atoms with Crippen molar-refractivity contribution >= 4 is 17.6 Å². The topological polar surface area (TPSA) is 63.8 Å². The van der Waals surface area contributed by atoms with Crippen LogP contribution in [0.15, 0.2) is 17.4 Å². The summed E-state index contributed by atoms with van der Waals surface area (Å²) in [6.45, 7) is 0.672. The monoisotopic (exact) mass is 210 g/mol. The molecule has 1 aromatic heterocycles. The van der Waals surface area contributed by atoms with Crippen molar-refractivity contribution in [3.8, 4) is 0 Å². The van der Waals surface area contributed by atoms with Gasteiger partial charge in [-0.25, -0.2) is 9.97 Å². The minimum Gasteiger partial charge on any atom is -0.363 e. The summed E-state index contributed by atoms with van der Waals surface area (Å²) in [5.74, 6) is 0.882. The second-order valence-electron chi connectivity index (χ2n) is 3.56. The van der Waals surface area contributed by atoms with Crippen LogP contribution in [0, 0.1) is 0 Å². The second-order valence-corrected chi connectivity index (χ2v) is 4.38. The molecule has 1 aliphatic carbocycles. The van der Waals surface area contributed by atoms with Crippen molar-refractivity contribution in [2.24, 2.45) is 5.73 Å². The Labute approximate surface area is 87.7 Å². The number of nitrogens with zero attached hydrogens (tertiary/aromatic N) is 2. The Bertz CT molecular complexity index is 324. The van der Waals surface area contributed by atoms with Crippen LogP contribution in [0.5, 0.6) is 0 Å². The normalized spacial score (nSPS) is 17.9. The molecule has 1 aromatic rings. The smallest absolute Gasteiger partial charge is 0.130 e. The zero-order valence-electron chi connectivity index (χ0n) is 8.16. The fourth-order valence-electron chi connectivity index (χ4n) is 1.32. The van der Waals surface area contributed by atoms with E-state index in [-0.39, 0.29) is 5.54 Å². The largest absolute Gasteiger partial charge is 0.363 e. The minimum atomic E-state index is 0.115. The molecule has 0 unspecified atom stereocenters. The van der Waals surface area contributed by atoms with E-state index in [0.29, 0.717) is 6.54 Å². The molecule has 0 spiro atoms. The highest BCUT2D eigenvalue weighted by Gasteiger charge is 2.41. The molecule has 2 rings (SSSR count). The van der Waals surface area contributed by atoms with Gasteiger partial charge >= 0.3 is 0 Å². The van der Waals surface area contributed by atoms with Gasteiger partial charge in [-0.05, 0) is 19.1 Å². The molecule has 0 aliphatic heterocycles. The maximum Gasteiger partial charge on any atom is 0.130 e. The van der Waals surface area contributed by atoms with Crippen molar-refractivity contribution in [3.63, 3.8) is 0 Å². The fraction of sp³-hybridized carbons (Fsp3) is 0.556. The van der Waals surface area contributed by atoms with Gasteiger partial charge in [-0.15, -0.1) is 11.8 Å². The van der Waals surface area contributed by atoms with E-state index >= 15 is 0 Å². The summed E-state index contributed by atoms with van der Waals surface area (Å²) in [5, 5.41) is 4.35. The number of thioether (sulfide) groups is 1. The van der Waals surface area contributed by atoms with Crippen LogP contribution in [-0.4, -0.2) is 28.3 Å². The highest BCUT2D eigenvalue weighted by atomic mass is 32.2. The van der Waals surface area contributed by atoms with Gasteiger partial charge in [0.25, 0.3) is 0 Å². The molecule has 0 radical (unpaired) electrons. The Hall–Kier alpha value is -0.810. The molecule has 0 aromatic carbocycles. The lowest BCUT2D eigenvalue weighted by Gasteiger charge is -2.15. The van der Waals surface area contributed by atoms with Crippen LogP contribution < -0.4 is 11.1 Å². The number of nitrogens with one attached hydrogen (secondary N) is 1. The molecule has 4 nitrogen and oxygen atoms in total. The Kier molecular flexibility index (Phi) is 2.60. The average Bonchev–Trinajstić information content (AvgIpc) is 2.99. The number of hydrogen-bond acceptors (Lipinski definition) is 5. The summed E-state index contributed by atoms with van der Waals surface area (Å²) < 4.78 is 0. The molecule has 1 fully saturated rings. The highest BCUT2D eigenvalue weighted by Crippen LogP contribution is 2.37. The van der Waals surface area contributed by atoms with Gasteiger partial charge in [-0.2, -0.15) is 0 Å². The van der Waals surface area contributed by atoms with Crippen LogP contribution in [0.3, 0.4) is 0 Å². The van der Waals surface area contributed by atoms with Crippen LogP contribution in [0.25, 0.3) is 0 Å². The van der Waals surface area contributed by atoms with E-state index in [2.05, 4.69) is 15.3 Å². The van der Waals surface area contributed by atoms with E-state index in [1.54, 1.807) is 18.1 Å². The molecule has 0 bridgehead atoms. The molecule has 76 valence electrons. The lowest BCUT2D eigenvalue weighted by Crippen LogP contribution is -2.31. The van der Waals surface area contributed by atoms with Gasteiger partial charge in [-0.3, -0.25) is 0 Å². The first kappa shape index (κ1) is 9.73. The van der Waals surface area contributed by atoms with Gasteiger partial charge in [-0.1, -0.05) is 0 Å². The fourth-order valence-corrected chi connectivity index (χ4v) is 1.70. The van der Waals surface area contributed by atoms with E-state index in [1.807, 2.05) is 12.3 Å². The second kappa shape index (κ2) is 3.74. The zero-order valence-corrected chi connectivity index (χ0v) is 8.97. The van der Waals surface area contributed by atoms with Crippen molar-refractivity contribution in [1.29, 1.82) is 0 Å². The van der Waals surface area contributed by atoms with Gasteiger partial charge in [0.05, 0.1) is 5.54 Å². The van der Waals surface area contributed by atoms with E-state index in [9.17, 15) is 0 Å². The molecule has 3 N–H and O–H groups in total. The molecule has 1 aliphatic rings. The standard InChI is InChI=1S/C9H14N4S/c1-14-8-4-7(11-6-12-8)13-9(5-10)2-3-9/h4,6H,2-3,5,10H2,1H3,(H,11,12,13). The quantitative estimate of drug-likeness (QED) is 0.575. The van der Waals surface area contributed by atoms with Gasteiger partial charge in [0.2, 0.25) is 0 Å². The average molecular weight is 210 g/mol. The summed E-state index contributed by atoms with van der Waals surface area (Å²) in [6, 6.07) is 1.96. The zero-order chi connectivity index (χ0) is 10.0. The maximum atomic E-state index is 5.68. The molecule has 1 heterocycles. The third-order valence-corrected chi connectivity index (χ3v) is 3.13.